The Morgan fingerprint density at radius 3 is 2.94 bits per heavy atom. The SMILES string of the molecule is CC1CCCN(c2cnc(N)cc2C(=O)O)C1C. The molecule has 0 spiro atoms. The van der Waals surface area contributed by atoms with Crippen LogP contribution in [0.5, 0.6) is 0 Å². The average molecular weight is 249 g/mol. The number of rotatable bonds is 2. The van der Waals surface area contributed by atoms with Crippen LogP contribution in [0.4, 0.5) is 11.5 Å². The summed E-state index contributed by atoms with van der Waals surface area (Å²) in [5.74, 6) is -0.156. The molecule has 2 unspecified atom stereocenters. The van der Waals surface area contributed by atoms with E-state index in [0.717, 1.165) is 13.0 Å². The number of nitrogens with zero attached hydrogens (tertiary/aromatic N) is 2. The first-order valence-electron chi connectivity index (χ1n) is 6.26. The number of hydrogen-bond acceptors (Lipinski definition) is 4. The zero-order valence-corrected chi connectivity index (χ0v) is 10.8. The van der Waals surface area contributed by atoms with Gasteiger partial charge in [-0.3, -0.25) is 0 Å². The molecule has 1 aliphatic rings. The second-order valence-corrected chi connectivity index (χ2v) is 4.98. The highest BCUT2D eigenvalue weighted by atomic mass is 16.4. The number of nitrogen functional groups attached to an aromatic ring is 1. The third-order valence-electron chi connectivity index (χ3n) is 3.82. The molecule has 0 amide bonds. The molecule has 1 fully saturated rings. The minimum atomic E-state index is -0.954. The molecule has 1 saturated heterocycles. The van der Waals surface area contributed by atoms with E-state index in [-0.39, 0.29) is 11.4 Å². The molecule has 98 valence electrons. The van der Waals surface area contributed by atoms with Crippen molar-refractivity contribution in [3.8, 4) is 0 Å². The number of pyridine rings is 1. The van der Waals surface area contributed by atoms with E-state index < -0.39 is 5.97 Å². The van der Waals surface area contributed by atoms with Gasteiger partial charge in [0.05, 0.1) is 17.4 Å². The van der Waals surface area contributed by atoms with E-state index in [1.807, 2.05) is 0 Å². The molecule has 2 atom stereocenters. The van der Waals surface area contributed by atoms with Gasteiger partial charge in [0.1, 0.15) is 5.82 Å². The maximum atomic E-state index is 11.3. The lowest BCUT2D eigenvalue weighted by molar-refractivity contribution is 0.0697. The molecule has 5 heteroatoms. The summed E-state index contributed by atoms with van der Waals surface area (Å²) in [6.45, 7) is 5.20. The minimum absolute atomic E-state index is 0.239. The van der Waals surface area contributed by atoms with Crippen molar-refractivity contribution < 1.29 is 9.90 Å². The van der Waals surface area contributed by atoms with Gasteiger partial charge in [-0.15, -0.1) is 0 Å². The molecule has 1 aliphatic heterocycles. The van der Waals surface area contributed by atoms with Crippen molar-refractivity contribution in [1.29, 1.82) is 0 Å². The topological polar surface area (TPSA) is 79.5 Å². The summed E-state index contributed by atoms with van der Waals surface area (Å²) < 4.78 is 0. The summed E-state index contributed by atoms with van der Waals surface area (Å²) in [5, 5.41) is 9.26. The van der Waals surface area contributed by atoms with Crippen molar-refractivity contribution in [2.45, 2.75) is 32.7 Å². The molecule has 2 heterocycles. The highest BCUT2D eigenvalue weighted by Crippen LogP contribution is 2.30. The Hall–Kier alpha value is -1.78. The van der Waals surface area contributed by atoms with Gasteiger partial charge in [-0.1, -0.05) is 6.92 Å². The fourth-order valence-electron chi connectivity index (χ4n) is 2.54. The highest BCUT2D eigenvalue weighted by Gasteiger charge is 2.28. The molecule has 1 aromatic rings. The van der Waals surface area contributed by atoms with Crippen LogP contribution >= 0.6 is 0 Å². The Morgan fingerprint density at radius 1 is 1.56 bits per heavy atom. The Morgan fingerprint density at radius 2 is 2.28 bits per heavy atom. The lowest BCUT2D eigenvalue weighted by atomic mass is 9.91. The van der Waals surface area contributed by atoms with Crippen LogP contribution in [0.3, 0.4) is 0 Å². The first kappa shape index (κ1) is 12.7. The largest absolute Gasteiger partial charge is 0.478 e. The fourth-order valence-corrected chi connectivity index (χ4v) is 2.54. The van der Waals surface area contributed by atoms with Gasteiger partial charge in [-0.2, -0.15) is 0 Å². The molecule has 1 aromatic heterocycles. The van der Waals surface area contributed by atoms with E-state index in [1.54, 1.807) is 6.20 Å². The van der Waals surface area contributed by atoms with E-state index in [2.05, 4.69) is 23.7 Å². The quantitative estimate of drug-likeness (QED) is 0.837. The molecule has 0 aliphatic carbocycles. The summed E-state index contributed by atoms with van der Waals surface area (Å²) >= 11 is 0. The Kier molecular flexibility index (Phi) is 3.41. The van der Waals surface area contributed by atoms with Crippen molar-refractivity contribution in [3.05, 3.63) is 17.8 Å². The van der Waals surface area contributed by atoms with Gasteiger partial charge >= 0.3 is 5.97 Å². The molecule has 0 bridgehead atoms. The number of carboxylic acids is 1. The Bertz CT molecular complexity index is 462. The van der Waals surface area contributed by atoms with Crippen LogP contribution in [0, 0.1) is 5.92 Å². The van der Waals surface area contributed by atoms with Gasteiger partial charge in [0, 0.05) is 12.6 Å². The van der Waals surface area contributed by atoms with Gasteiger partial charge in [-0.25, -0.2) is 9.78 Å². The lowest BCUT2D eigenvalue weighted by Crippen LogP contribution is -2.43. The summed E-state index contributed by atoms with van der Waals surface area (Å²) in [5.41, 5.74) is 6.48. The number of carbonyl (C=O) groups is 1. The third-order valence-corrected chi connectivity index (χ3v) is 3.82. The summed E-state index contributed by atoms with van der Waals surface area (Å²) in [4.78, 5) is 17.5. The molecule has 18 heavy (non-hydrogen) atoms. The van der Waals surface area contributed by atoms with Crippen LogP contribution in [0.1, 0.15) is 37.0 Å². The van der Waals surface area contributed by atoms with Crippen molar-refractivity contribution in [2.24, 2.45) is 5.92 Å². The predicted octanol–water partition coefficient (Wildman–Crippen LogP) is 1.99. The summed E-state index contributed by atoms with van der Waals surface area (Å²) in [7, 11) is 0. The zero-order chi connectivity index (χ0) is 13.3. The normalized spacial score (nSPS) is 24.0. The molecule has 0 radical (unpaired) electrons. The van der Waals surface area contributed by atoms with Crippen LogP contribution in [-0.4, -0.2) is 28.6 Å². The number of carboxylic acid groups (broad SMARTS) is 1. The molecule has 0 saturated carbocycles. The highest BCUT2D eigenvalue weighted by molar-refractivity contribution is 5.95. The number of nitrogens with two attached hydrogens (primary N) is 1. The maximum Gasteiger partial charge on any atom is 0.338 e. The molecule has 3 N–H and O–H groups in total. The molecule has 2 rings (SSSR count). The van der Waals surface area contributed by atoms with Crippen LogP contribution < -0.4 is 10.6 Å². The number of aromatic carboxylic acids is 1. The average Bonchev–Trinajstić information content (AvgIpc) is 2.33. The first-order valence-corrected chi connectivity index (χ1v) is 6.26. The second kappa shape index (κ2) is 4.84. The van der Waals surface area contributed by atoms with Crippen LogP contribution in [0.2, 0.25) is 0 Å². The van der Waals surface area contributed by atoms with Crippen LogP contribution in [-0.2, 0) is 0 Å². The van der Waals surface area contributed by atoms with Gasteiger partial charge in [0.25, 0.3) is 0 Å². The summed E-state index contributed by atoms with van der Waals surface area (Å²) in [6, 6.07) is 1.76. The van der Waals surface area contributed by atoms with Crippen LogP contribution in [0.25, 0.3) is 0 Å². The predicted molar refractivity (Wildman–Crippen MR) is 70.8 cm³/mol. The Balaban J connectivity index is 2.40. The fraction of sp³-hybridized carbons (Fsp3) is 0.538. The van der Waals surface area contributed by atoms with E-state index in [0.29, 0.717) is 17.6 Å². The lowest BCUT2D eigenvalue weighted by Gasteiger charge is -2.40. The Labute approximate surface area is 107 Å². The molecule has 5 nitrogen and oxygen atoms in total. The molecular weight excluding hydrogens is 230 g/mol. The van der Waals surface area contributed by atoms with Crippen LogP contribution in [0.15, 0.2) is 12.3 Å². The number of hydrogen-bond donors (Lipinski definition) is 2. The van der Waals surface area contributed by atoms with Crippen molar-refractivity contribution in [1.82, 2.24) is 4.98 Å². The minimum Gasteiger partial charge on any atom is -0.478 e. The monoisotopic (exact) mass is 249 g/mol. The molecular formula is C13H19N3O2. The van der Waals surface area contributed by atoms with E-state index in [4.69, 9.17) is 5.73 Å². The van der Waals surface area contributed by atoms with Gasteiger partial charge < -0.3 is 15.7 Å². The first-order chi connectivity index (χ1) is 8.50. The van der Waals surface area contributed by atoms with Gasteiger partial charge in [0.2, 0.25) is 0 Å². The maximum absolute atomic E-state index is 11.3. The van der Waals surface area contributed by atoms with E-state index >= 15 is 0 Å². The van der Waals surface area contributed by atoms with E-state index in [1.165, 1.54) is 12.5 Å². The van der Waals surface area contributed by atoms with E-state index in [9.17, 15) is 9.90 Å². The smallest absolute Gasteiger partial charge is 0.338 e. The second-order valence-electron chi connectivity index (χ2n) is 4.98. The number of anilines is 2. The van der Waals surface area contributed by atoms with Crippen molar-refractivity contribution >= 4 is 17.5 Å². The summed E-state index contributed by atoms with van der Waals surface area (Å²) in [6.07, 6.45) is 3.84. The van der Waals surface area contributed by atoms with Gasteiger partial charge in [0.15, 0.2) is 0 Å². The van der Waals surface area contributed by atoms with Crippen molar-refractivity contribution in [2.75, 3.05) is 17.2 Å². The number of aromatic nitrogens is 1. The zero-order valence-electron chi connectivity index (χ0n) is 10.8. The van der Waals surface area contributed by atoms with Gasteiger partial charge in [-0.05, 0) is 31.7 Å². The number of piperidine rings is 1. The standard InChI is InChI=1S/C13H19N3O2/c1-8-4-3-5-16(9(8)2)11-7-15-12(14)6-10(11)13(17)18/h6-9H,3-5H2,1-2H3,(H2,14,15)(H,17,18). The van der Waals surface area contributed by atoms with Crippen molar-refractivity contribution in [3.63, 3.8) is 0 Å². The third kappa shape index (κ3) is 2.25. The molecule has 0 aromatic carbocycles.